The molecule has 8 N–H and O–H groups in total. The molecule has 2 aliphatic rings. The summed E-state index contributed by atoms with van der Waals surface area (Å²) in [5.41, 5.74) is 3.29. The minimum atomic E-state index is -3.87. The molecule has 1 aromatic heterocycles. The fourth-order valence-electron chi connectivity index (χ4n) is 7.02. The summed E-state index contributed by atoms with van der Waals surface area (Å²) in [7, 11) is -3.87. The third kappa shape index (κ3) is 11.0. The van der Waals surface area contributed by atoms with Crippen LogP contribution >= 0.6 is 0 Å². The molecule has 2 aliphatic heterocycles. The van der Waals surface area contributed by atoms with Crippen molar-refractivity contribution in [1.29, 1.82) is 0 Å². The van der Waals surface area contributed by atoms with Crippen molar-refractivity contribution in [2.75, 3.05) is 39.3 Å². The van der Waals surface area contributed by atoms with Gasteiger partial charge in [0.1, 0.15) is 18.1 Å². The molecule has 0 spiro atoms. The van der Waals surface area contributed by atoms with Crippen LogP contribution in [0.4, 0.5) is 0 Å². The molecule has 0 saturated carbocycles. The summed E-state index contributed by atoms with van der Waals surface area (Å²) in [6.07, 6.45) is 1.84. The zero-order chi connectivity index (χ0) is 39.7. The minimum absolute atomic E-state index is 0.0435. The number of nitrogens with one attached hydrogen (secondary N) is 6. The number of hydrogen-bond donors (Lipinski definition) is 7. The van der Waals surface area contributed by atoms with Crippen LogP contribution in [0.25, 0.3) is 10.9 Å². The lowest BCUT2D eigenvalue weighted by Crippen LogP contribution is -2.60. The first kappa shape index (κ1) is 40.1. The number of amides is 5. The second-order valence-electron chi connectivity index (χ2n) is 14.1. The molecule has 4 atom stereocenters. The van der Waals surface area contributed by atoms with Crippen molar-refractivity contribution in [1.82, 2.24) is 40.8 Å². The number of nitrogens with zero attached hydrogens (tertiary/aromatic N) is 2. The molecule has 5 amide bonds. The standard InChI is InChI=1S/C39H47N9O7S/c40-56(54,55)48-17-15-47(16-18-48)25-36(50)45-34-22-35(49)44-33(21-28-23-41-31-14-8-7-13-30(28)31)39(53)46-32(20-27-11-5-2-6-12-27)38(52)43-29(24-42-37(34)51)19-26-9-3-1-4-10-26/h1-14,23,29,32-34,41H,15-22,24-25H2,(H,42,51)(H,43,52)(H,44,49)(H,45,50)(H,46,53)(H2,40,54,55)/t29-,32+,33+,34-/m1/s1. The molecule has 296 valence electrons. The van der Waals surface area contributed by atoms with Crippen molar-refractivity contribution in [3.05, 3.63) is 108 Å². The topological polar surface area (TPSA) is 228 Å². The average Bonchev–Trinajstić information content (AvgIpc) is 3.58. The highest BCUT2D eigenvalue weighted by Gasteiger charge is 2.33. The summed E-state index contributed by atoms with van der Waals surface area (Å²) in [5.74, 6) is -2.96. The second kappa shape index (κ2) is 18.3. The molecule has 2 fully saturated rings. The Kier molecular flexibility index (Phi) is 13.1. The Balaban J connectivity index is 1.27. The highest BCUT2D eigenvalue weighted by atomic mass is 32.2. The van der Waals surface area contributed by atoms with Crippen LogP contribution in [0.3, 0.4) is 0 Å². The number of nitrogens with two attached hydrogens (primary N) is 1. The molecule has 0 aliphatic carbocycles. The van der Waals surface area contributed by atoms with Gasteiger partial charge in [-0.25, -0.2) is 5.14 Å². The largest absolute Gasteiger partial charge is 0.361 e. The van der Waals surface area contributed by atoms with Crippen molar-refractivity contribution in [2.24, 2.45) is 5.14 Å². The number of fused-ring (bicyclic) bond motifs is 1. The molecule has 17 heteroatoms. The minimum Gasteiger partial charge on any atom is -0.361 e. The number of aromatic amines is 1. The fourth-order valence-corrected chi connectivity index (χ4v) is 7.69. The van der Waals surface area contributed by atoms with E-state index >= 15 is 0 Å². The third-order valence-corrected chi connectivity index (χ3v) is 11.0. The number of para-hydroxylation sites is 1. The van der Waals surface area contributed by atoms with Gasteiger partial charge in [0.25, 0.3) is 10.2 Å². The van der Waals surface area contributed by atoms with E-state index in [1.165, 1.54) is 0 Å². The van der Waals surface area contributed by atoms with Gasteiger partial charge in [-0.05, 0) is 29.2 Å². The van der Waals surface area contributed by atoms with Crippen LogP contribution in [0.15, 0.2) is 91.1 Å². The Morgan fingerprint density at radius 1 is 0.732 bits per heavy atom. The lowest BCUT2D eigenvalue weighted by Gasteiger charge is -2.32. The quantitative estimate of drug-likeness (QED) is 0.110. The van der Waals surface area contributed by atoms with E-state index in [2.05, 4.69) is 31.6 Å². The molecule has 3 heterocycles. The molecule has 6 rings (SSSR count). The van der Waals surface area contributed by atoms with Gasteiger partial charge >= 0.3 is 0 Å². The Morgan fingerprint density at radius 2 is 1.34 bits per heavy atom. The van der Waals surface area contributed by atoms with Crippen molar-refractivity contribution in [3.63, 3.8) is 0 Å². The SMILES string of the molecule is NS(=O)(=O)N1CCN(CC(=O)N[C@@H]2CC(=O)N[C@@H](Cc3c[nH]c4ccccc34)C(=O)N[C@@H](Cc3ccccc3)C(=O)N[C@H](Cc3ccccc3)CNC2=O)CC1. The maximum atomic E-state index is 14.2. The van der Waals surface area contributed by atoms with Crippen LogP contribution in [0.5, 0.6) is 0 Å². The predicted octanol–water partition coefficient (Wildman–Crippen LogP) is -0.524. The van der Waals surface area contributed by atoms with Gasteiger partial charge < -0.3 is 31.6 Å². The second-order valence-corrected chi connectivity index (χ2v) is 15.7. The van der Waals surface area contributed by atoms with Gasteiger partial charge in [0.15, 0.2) is 0 Å². The van der Waals surface area contributed by atoms with E-state index in [0.717, 1.165) is 31.9 Å². The van der Waals surface area contributed by atoms with Gasteiger partial charge in [0.05, 0.1) is 19.0 Å². The molecule has 0 unspecified atom stereocenters. The Labute approximate surface area is 325 Å². The van der Waals surface area contributed by atoms with Crippen molar-refractivity contribution < 1.29 is 32.4 Å². The van der Waals surface area contributed by atoms with E-state index in [1.807, 2.05) is 84.9 Å². The van der Waals surface area contributed by atoms with Gasteiger partial charge in [-0.2, -0.15) is 12.7 Å². The number of hydrogen-bond acceptors (Lipinski definition) is 8. The fraction of sp³-hybridized carbons (Fsp3) is 0.359. The molecule has 2 saturated heterocycles. The number of carbonyl (C=O) groups is 5. The van der Waals surface area contributed by atoms with Crippen molar-refractivity contribution in [2.45, 2.75) is 49.9 Å². The number of aromatic nitrogens is 1. The van der Waals surface area contributed by atoms with Gasteiger partial charge in [0.2, 0.25) is 29.5 Å². The normalized spacial score (nSPS) is 22.3. The highest BCUT2D eigenvalue weighted by Crippen LogP contribution is 2.20. The molecule has 16 nitrogen and oxygen atoms in total. The number of benzene rings is 3. The monoisotopic (exact) mass is 785 g/mol. The number of piperazine rings is 1. The smallest absolute Gasteiger partial charge is 0.276 e. The summed E-state index contributed by atoms with van der Waals surface area (Å²) < 4.78 is 24.6. The number of carbonyl (C=O) groups excluding carboxylic acids is 5. The lowest BCUT2D eigenvalue weighted by atomic mass is 10.0. The van der Waals surface area contributed by atoms with Gasteiger partial charge in [-0.1, -0.05) is 78.9 Å². The van der Waals surface area contributed by atoms with Crippen LogP contribution in [0.1, 0.15) is 23.1 Å². The molecule has 4 aromatic rings. The maximum Gasteiger partial charge on any atom is 0.276 e. The van der Waals surface area contributed by atoms with E-state index in [1.54, 1.807) is 11.1 Å². The van der Waals surface area contributed by atoms with E-state index < -0.39 is 70.3 Å². The number of H-pyrrole nitrogens is 1. The van der Waals surface area contributed by atoms with Gasteiger partial charge in [-0.15, -0.1) is 0 Å². The maximum absolute atomic E-state index is 14.2. The zero-order valence-electron chi connectivity index (χ0n) is 30.8. The zero-order valence-corrected chi connectivity index (χ0v) is 31.6. The first-order valence-electron chi connectivity index (χ1n) is 18.5. The van der Waals surface area contributed by atoms with Crippen LogP contribution in [0.2, 0.25) is 0 Å². The first-order chi connectivity index (χ1) is 26.9. The third-order valence-electron chi connectivity index (χ3n) is 9.96. The summed E-state index contributed by atoms with van der Waals surface area (Å²) in [4.78, 5) is 74.2. The molecule has 0 bridgehead atoms. The first-order valence-corrected chi connectivity index (χ1v) is 20.0. The summed E-state index contributed by atoms with van der Waals surface area (Å²) in [6.45, 7) is 0.455. The Bertz CT molecular complexity index is 2120. The van der Waals surface area contributed by atoms with Gasteiger partial charge in [0, 0.05) is 62.7 Å². The summed E-state index contributed by atoms with van der Waals surface area (Å²) >= 11 is 0. The summed E-state index contributed by atoms with van der Waals surface area (Å²) in [6, 6.07) is 22.0. The Morgan fingerprint density at radius 3 is 2.02 bits per heavy atom. The van der Waals surface area contributed by atoms with E-state index in [-0.39, 0.29) is 52.1 Å². The summed E-state index contributed by atoms with van der Waals surface area (Å²) in [5, 5.41) is 20.3. The van der Waals surface area contributed by atoms with Crippen LogP contribution in [-0.2, 0) is 53.4 Å². The molecule has 0 radical (unpaired) electrons. The van der Waals surface area contributed by atoms with Crippen molar-refractivity contribution >= 4 is 50.6 Å². The lowest BCUT2D eigenvalue weighted by molar-refractivity contribution is -0.135. The van der Waals surface area contributed by atoms with E-state index in [0.29, 0.717) is 6.42 Å². The predicted molar refractivity (Wildman–Crippen MR) is 209 cm³/mol. The van der Waals surface area contributed by atoms with Crippen LogP contribution in [-0.4, -0.2) is 116 Å². The Hall–Kier alpha value is -5.62. The van der Waals surface area contributed by atoms with Crippen LogP contribution in [0, 0.1) is 0 Å². The van der Waals surface area contributed by atoms with Crippen LogP contribution < -0.4 is 31.7 Å². The molecular formula is C39H47N9O7S. The van der Waals surface area contributed by atoms with Gasteiger partial charge in [-0.3, -0.25) is 28.9 Å². The van der Waals surface area contributed by atoms with Crippen molar-refractivity contribution in [3.8, 4) is 0 Å². The average molecular weight is 786 g/mol. The molecular weight excluding hydrogens is 739 g/mol. The van der Waals surface area contributed by atoms with E-state index in [4.69, 9.17) is 5.14 Å². The molecule has 56 heavy (non-hydrogen) atoms. The number of rotatable bonds is 10. The van der Waals surface area contributed by atoms with E-state index in [9.17, 15) is 32.4 Å². The molecule has 3 aromatic carbocycles. The highest BCUT2D eigenvalue weighted by molar-refractivity contribution is 7.86.